The third-order valence-electron chi connectivity index (χ3n) is 6.77. The van der Waals surface area contributed by atoms with Crippen LogP contribution in [0.25, 0.3) is 0 Å². The topological polar surface area (TPSA) is 26.3 Å². The smallest absolute Gasteiger partial charge is 0.163 e. The number of carbonyl (C=O) groups is 1. The zero-order valence-electron chi connectivity index (χ0n) is 17.3. The van der Waals surface area contributed by atoms with Gasteiger partial charge in [-0.1, -0.05) is 79.7 Å². The molecule has 30 heavy (non-hydrogen) atoms. The van der Waals surface area contributed by atoms with Crippen molar-refractivity contribution in [3.05, 3.63) is 113 Å². The van der Waals surface area contributed by atoms with Gasteiger partial charge in [0.05, 0.1) is 5.92 Å². The van der Waals surface area contributed by atoms with Crippen molar-refractivity contribution in [2.24, 2.45) is 5.41 Å². The van der Waals surface area contributed by atoms with Crippen LogP contribution < -0.4 is 4.74 Å². The number of rotatable bonds is 4. The van der Waals surface area contributed by atoms with Crippen molar-refractivity contribution in [2.45, 2.75) is 38.2 Å². The Kier molecular flexibility index (Phi) is 4.78. The molecule has 2 nitrogen and oxygen atoms in total. The Labute approximate surface area is 178 Å². The average Bonchev–Trinajstić information content (AvgIpc) is 2.79. The summed E-state index contributed by atoms with van der Waals surface area (Å²) < 4.78 is 6.07. The van der Waals surface area contributed by atoms with Crippen molar-refractivity contribution in [1.82, 2.24) is 0 Å². The van der Waals surface area contributed by atoms with Crippen LogP contribution in [-0.2, 0) is 17.8 Å². The number of aryl methyl sites for hydroxylation is 1. The van der Waals surface area contributed by atoms with Crippen LogP contribution >= 0.6 is 0 Å². The van der Waals surface area contributed by atoms with Gasteiger partial charge in [0, 0.05) is 5.92 Å². The van der Waals surface area contributed by atoms with Crippen molar-refractivity contribution >= 4 is 5.78 Å². The summed E-state index contributed by atoms with van der Waals surface area (Å²) in [5, 5.41) is 0. The van der Waals surface area contributed by atoms with Gasteiger partial charge < -0.3 is 4.74 Å². The third-order valence-corrected chi connectivity index (χ3v) is 6.77. The van der Waals surface area contributed by atoms with E-state index in [-0.39, 0.29) is 23.0 Å². The van der Waals surface area contributed by atoms with Crippen molar-refractivity contribution in [3.63, 3.8) is 0 Å². The molecule has 3 aromatic carbocycles. The first-order chi connectivity index (χ1) is 14.6. The number of hydrogen-bond acceptors (Lipinski definition) is 2. The van der Waals surface area contributed by atoms with Gasteiger partial charge in [0.1, 0.15) is 12.4 Å². The van der Waals surface area contributed by atoms with E-state index in [1.54, 1.807) is 0 Å². The largest absolute Gasteiger partial charge is 0.489 e. The molecule has 3 aromatic rings. The Bertz CT molecular complexity index is 1080. The van der Waals surface area contributed by atoms with Gasteiger partial charge in [0.2, 0.25) is 0 Å². The number of ketones is 1. The molecule has 0 aromatic heterocycles. The molecule has 2 aliphatic carbocycles. The Morgan fingerprint density at radius 1 is 0.967 bits per heavy atom. The average molecular weight is 395 g/mol. The lowest BCUT2D eigenvalue weighted by atomic mass is 9.56. The fraction of sp³-hybridized carbons (Fsp3) is 0.250. The van der Waals surface area contributed by atoms with Gasteiger partial charge in [-0.2, -0.15) is 0 Å². The van der Waals surface area contributed by atoms with Crippen LogP contribution in [0.2, 0.25) is 0 Å². The molecule has 5 rings (SSSR count). The third kappa shape index (κ3) is 3.37. The molecule has 3 unspecified atom stereocenters. The summed E-state index contributed by atoms with van der Waals surface area (Å²) in [5.74, 6) is 1.14. The summed E-state index contributed by atoms with van der Waals surface area (Å²) in [5.41, 5.74) is 4.87. The van der Waals surface area contributed by atoms with E-state index in [0.717, 1.165) is 29.7 Å². The Hall–Kier alpha value is -3.13. The van der Waals surface area contributed by atoms with Gasteiger partial charge in [0.15, 0.2) is 5.78 Å². The highest BCUT2D eigenvalue weighted by Gasteiger charge is 2.47. The van der Waals surface area contributed by atoms with Crippen LogP contribution in [-0.4, -0.2) is 5.78 Å². The maximum Gasteiger partial charge on any atom is 0.163 e. The van der Waals surface area contributed by atoms with Crippen molar-refractivity contribution in [3.8, 4) is 5.75 Å². The van der Waals surface area contributed by atoms with Crippen molar-refractivity contribution < 1.29 is 9.53 Å². The highest BCUT2D eigenvalue weighted by Crippen LogP contribution is 2.55. The van der Waals surface area contributed by atoms with Gasteiger partial charge in [-0.15, -0.1) is 0 Å². The summed E-state index contributed by atoms with van der Waals surface area (Å²) in [6, 6.07) is 26.9. The van der Waals surface area contributed by atoms with Gasteiger partial charge in [0.25, 0.3) is 0 Å². The summed E-state index contributed by atoms with van der Waals surface area (Å²) in [6.45, 7) is 2.87. The molecule has 3 atom stereocenters. The van der Waals surface area contributed by atoms with E-state index in [0.29, 0.717) is 6.61 Å². The summed E-state index contributed by atoms with van der Waals surface area (Å²) >= 11 is 0. The van der Waals surface area contributed by atoms with Crippen LogP contribution in [0.3, 0.4) is 0 Å². The predicted octanol–water partition coefficient (Wildman–Crippen LogP) is 6.22. The standard InChI is InChI=1S/C28H26O2/c1-28-16-14-22-18-23(30-19-20-8-4-2-5-9-20)12-13-24(22)27(28)26(25(29)15-17-28)21-10-6-3-7-11-21/h2-13,15,17-18,26-27H,14,16,19H2,1H3. The van der Waals surface area contributed by atoms with Crippen molar-refractivity contribution in [2.75, 3.05) is 0 Å². The second-order valence-corrected chi connectivity index (χ2v) is 8.74. The normalized spacial score (nSPS) is 24.8. The molecule has 0 spiro atoms. The van der Waals surface area contributed by atoms with Gasteiger partial charge in [-0.3, -0.25) is 4.79 Å². The molecule has 0 aliphatic heterocycles. The molecule has 0 radical (unpaired) electrons. The number of carbonyl (C=O) groups excluding carboxylic acids is 1. The molecule has 2 heteroatoms. The van der Waals surface area contributed by atoms with Crippen LogP contribution in [0.15, 0.2) is 91.0 Å². The molecule has 0 fully saturated rings. The Morgan fingerprint density at radius 2 is 1.70 bits per heavy atom. The minimum atomic E-state index is -0.128. The molecular formula is C28H26O2. The van der Waals surface area contributed by atoms with Crippen LogP contribution in [0.4, 0.5) is 0 Å². The minimum absolute atomic E-state index is 0.00612. The first kappa shape index (κ1) is 18.9. The maximum atomic E-state index is 13.0. The molecule has 150 valence electrons. The molecule has 2 aliphatic rings. The van der Waals surface area contributed by atoms with Gasteiger partial charge in [-0.05, 0) is 58.7 Å². The minimum Gasteiger partial charge on any atom is -0.489 e. The van der Waals surface area contributed by atoms with E-state index in [4.69, 9.17) is 4.74 Å². The van der Waals surface area contributed by atoms with Crippen LogP contribution in [0.5, 0.6) is 5.75 Å². The number of hydrogen-bond donors (Lipinski definition) is 0. The second-order valence-electron chi connectivity index (χ2n) is 8.74. The Morgan fingerprint density at radius 3 is 2.47 bits per heavy atom. The first-order valence-corrected chi connectivity index (χ1v) is 10.7. The van der Waals surface area contributed by atoms with Crippen molar-refractivity contribution in [1.29, 1.82) is 0 Å². The highest BCUT2D eigenvalue weighted by atomic mass is 16.5. The lowest BCUT2D eigenvalue weighted by Crippen LogP contribution is -2.39. The quantitative estimate of drug-likeness (QED) is 0.525. The van der Waals surface area contributed by atoms with Crippen LogP contribution in [0.1, 0.15) is 47.4 Å². The molecule has 0 heterocycles. The zero-order chi connectivity index (χ0) is 20.6. The molecule has 0 bridgehead atoms. The van der Waals surface area contributed by atoms with E-state index in [1.807, 2.05) is 42.5 Å². The molecule has 0 N–H and O–H groups in total. The predicted molar refractivity (Wildman–Crippen MR) is 120 cm³/mol. The number of benzene rings is 3. The number of fused-ring (bicyclic) bond motifs is 3. The molecule has 0 saturated heterocycles. The number of ether oxygens (including phenoxy) is 1. The fourth-order valence-electron chi connectivity index (χ4n) is 5.15. The highest BCUT2D eigenvalue weighted by molar-refractivity contribution is 5.97. The van der Waals surface area contributed by atoms with E-state index in [9.17, 15) is 4.79 Å². The summed E-state index contributed by atoms with van der Waals surface area (Å²) in [7, 11) is 0. The van der Waals surface area contributed by atoms with Gasteiger partial charge in [-0.25, -0.2) is 0 Å². The second kappa shape index (κ2) is 7.60. The SMILES string of the molecule is CC12C=CC(=O)C(c3ccccc3)C1c1ccc(OCc3ccccc3)cc1CC2. The molecular weight excluding hydrogens is 368 g/mol. The van der Waals surface area contributed by atoms with E-state index < -0.39 is 0 Å². The van der Waals surface area contributed by atoms with Gasteiger partial charge >= 0.3 is 0 Å². The maximum absolute atomic E-state index is 13.0. The lowest BCUT2D eigenvalue weighted by molar-refractivity contribution is -0.117. The van der Waals surface area contributed by atoms with E-state index >= 15 is 0 Å². The lowest BCUT2D eigenvalue weighted by Gasteiger charge is -2.46. The first-order valence-electron chi connectivity index (χ1n) is 10.7. The monoisotopic (exact) mass is 394 g/mol. The van der Waals surface area contributed by atoms with E-state index in [2.05, 4.69) is 55.5 Å². The molecule has 0 saturated carbocycles. The van der Waals surface area contributed by atoms with E-state index in [1.165, 1.54) is 11.1 Å². The summed E-state index contributed by atoms with van der Waals surface area (Å²) in [4.78, 5) is 13.0. The Balaban J connectivity index is 1.49. The molecule has 0 amide bonds. The number of allylic oxidation sites excluding steroid dienone is 2. The fourth-order valence-corrected chi connectivity index (χ4v) is 5.15. The van der Waals surface area contributed by atoms with Crippen LogP contribution in [0, 0.1) is 5.41 Å². The summed E-state index contributed by atoms with van der Waals surface area (Å²) in [6.07, 6.45) is 6.02. The zero-order valence-corrected chi connectivity index (χ0v) is 17.3.